The standard InChI is InChI=1S/C20H17N3O3/c1-23-19(24)8-6-17(22-23)20(25)21-16-4-2-3-13(12-16)14-5-7-18-15(11-14)9-10-26-18/h2-8,11-12H,9-10H2,1H3,(H,21,25). The molecule has 1 N–H and O–H groups in total. The molecule has 0 bridgehead atoms. The summed E-state index contributed by atoms with van der Waals surface area (Å²) in [5, 5.41) is 6.79. The van der Waals surface area contributed by atoms with E-state index < -0.39 is 0 Å². The van der Waals surface area contributed by atoms with Crippen LogP contribution in [0.15, 0.2) is 59.4 Å². The Morgan fingerprint density at radius 3 is 2.81 bits per heavy atom. The number of benzene rings is 2. The summed E-state index contributed by atoms with van der Waals surface area (Å²) in [5.74, 6) is 0.582. The first-order chi connectivity index (χ1) is 12.6. The van der Waals surface area contributed by atoms with Crippen molar-refractivity contribution in [2.75, 3.05) is 11.9 Å². The Labute approximate surface area is 150 Å². The van der Waals surface area contributed by atoms with Gasteiger partial charge in [-0.25, -0.2) is 4.68 Å². The van der Waals surface area contributed by atoms with Crippen LogP contribution in [0.1, 0.15) is 16.1 Å². The normalized spacial score (nSPS) is 12.3. The fourth-order valence-electron chi connectivity index (χ4n) is 2.96. The zero-order valence-corrected chi connectivity index (χ0v) is 14.2. The zero-order chi connectivity index (χ0) is 18.1. The van der Waals surface area contributed by atoms with Crippen molar-refractivity contribution in [1.29, 1.82) is 0 Å². The van der Waals surface area contributed by atoms with E-state index in [-0.39, 0.29) is 17.2 Å². The van der Waals surface area contributed by atoms with Gasteiger partial charge in [0.15, 0.2) is 0 Å². The van der Waals surface area contributed by atoms with E-state index in [0.29, 0.717) is 5.69 Å². The molecule has 0 radical (unpaired) electrons. The molecule has 0 fully saturated rings. The summed E-state index contributed by atoms with van der Waals surface area (Å²) < 4.78 is 6.68. The Balaban J connectivity index is 1.58. The third kappa shape index (κ3) is 3.09. The van der Waals surface area contributed by atoms with Crippen LogP contribution in [0, 0.1) is 0 Å². The third-order valence-corrected chi connectivity index (χ3v) is 4.34. The van der Waals surface area contributed by atoms with Gasteiger partial charge in [-0.15, -0.1) is 0 Å². The Morgan fingerprint density at radius 2 is 1.96 bits per heavy atom. The highest BCUT2D eigenvalue weighted by atomic mass is 16.5. The second-order valence-corrected chi connectivity index (χ2v) is 6.14. The van der Waals surface area contributed by atoms with E-state index in [1.165, 1.54) is 24.7 Å². The molecule has 6 heteroatoms. The first-order valence-electron chi connectivity index (χ1n) is 8.32. The average Bonchev–Trinajstić information content (AvgIpc) is 3.12. The van der Waals surface area contributed by atoms with Gasteiger partial charge in [0.1, 0.15) is 11.4 Å². The summed E-state index contributed by atoms with van der Waals surface area (Å²) in [6.07, 6.45) is 0.915. The molecule has 0 saturated carbocycles. The fourth-order valence-corrected chi connectivity index (χ4v) is 2.96. The number of carbonyl (C=O) groups excluding carboxylic acids is 1. The number of nitrogens with one attached hydrogen (secondary N) is 1. The molecule has 1 aliphatic rings. The van der Waals surface area contributed by atoms with E-state index in [2.05, 4.69) is 16.5 Å². The predicted molar refractivity (Wildman–Crippen MR) is 98.5 cm³/mol. The zero-order valence-electron chi connectivity index (χ0n) is 14.2. The van der Waals surface area contributed by atoms with Crippen molar-refractivity contribution in [3.8, 4) is 16.9 Å². The first-order valence-corrected chi connectivity index (χ1v) is 8.32. The number of hydrogen-bond acceptors (Lipinski definition) is 4. The van der Waals surface area contributed by atoms with Crippen molar-refractivity contribution < 1.29 is 9.53 Å². The first kappa shape index (κ1) is 16.1. The Bertz CT molecular complexity index is 1060. The summed E-state index contributed by atoms with van der Waals surface area (Å²) in [4.78, 5) is 23.8. The van der Waals surface area contributed by atoms with Crippen molar-refractivity contribution in [3.05, 3.63) is 76.2 Å². The maximum absolute atomic E-state index is 12.4. The van der Waals surface area contributed by atoms with Crippen LogP contribution in [0.25, 0.3) is 11.1 Å². The van der Waals surface area contributed by atoms with Gasteiger partial charge in [0.05, 0.1) is 6.61 Å². The highest BCUT2D eigenvalue weighted by Crippen LogP contribution is 2.31. The van der Waals surface area contributed by atoms with Gasteiger partial charge in [0.25, 0.3) is 11.5 Å². The van der Waals surface area contributed by atoms with E-state index in [9.17, 15) is 9.59 Å². The van der Waals surface area contributed by atoms with Crippen molar-refractivity contribution in [2.24, 2.45) is 7.05 Å². The molecule has 0 unspecified atom stereocenters. The summed E-state index contributed by atoms with van der Waals surface area (Å²) in [6, 6.07) is 16.5. The van der Waals surface area contributed by atoms with Gasteiger partial charge in [0.2, 0.25) is 0 Å². The SMILES string of the molecule is Cn1nc(C(=O)Nc2cccc(-c3ccc4c(c3)CCO4)c2)ccc1=O. The quantitative estimate of drug-likeness (QED) is 0.790. The molecule has 2 aromatic carbocycles. The second-order valence-electron chi connectivity index (χ2n) is 6.14. The number of ether oxygens (including phenoxy) is 1. The molecule has 1 aromatic heterocycles. The highest BCUT2D eigenvalue weighted by Gasteiger charge is 2.13. The molecule has 0 atom stereocenters. The average molecular weight is 347 g/mol. The highest BCUT2D eigenvalue weighted by molar-refractivity contribution is 6.03. The van der Waals surface area contributed by atoms with E-state index in [1.807, 2.05) is 36.4 Å². The van der Waals surface area contributed by atoms with Crippen molar-refractivity contribution in [1.82, 2.24) is 9.78 Å². The number of hydrogen-bond donors (Lipinski definition) is 1. The summed E-state index contributed by atoms with van der Waals surface area (Å²) in [7, 11) is 1.51. The third-order valence-electron chi connectivity index (χ3n) is 4.34. The fraction of sp³-hybridized carbons (Fsp3) is 0.150. The minimum atomic E-state index is -0.361. The van der Waals surface area contributed by atoms with Crippen molar-refractivity contribution in [2.45, 2.75) is 6.42 Å². The summed E-state index contributed by atoms with van der Waals surface area (Å²) >= 11 is 0. The maximum atomic E-state index is 12.4. The van der Waals surface area contributed by atoms with Crippen LogP contribution < -0.4 is 15.6 Å². The largest absolute Gasteiger partial charge is 0.493 e. The van der Waals surface area contributed by atoms with Gasteiger partial charge < -0.3 is 10.1 Å². The van der Waals surface area contributed by atoms with Crippen LogP contribution in [-0.4, -0.2) is 22.3 Å². The molecule has 2 heterocycles. The molecule has 3 aromatic rings. The minimum Gasteiger partial charge on any atom is -0.493 e. The van der Waals surface area contributed by atoms with E-state index in [4.69, 9.17) is 4.74 Å². The molecule has 1 amide bonds. The lowest BCUT2D eigenvalue weighted by Gasteiger charge is -2.09. The molecule has 4 rings (SSSR count). The molecule has 1 aliphatic heterocycles. The van der Waals surface area contributed by atoms with Gasteiger partial charge in [-0.1, -0.05) is 18.2 Å². The van der Waals surface area contributed by atoms with Crippen LogP contribution >= 0.6 is 0 Å². The number of nitrogens with zero attached hydrogens (tertiary/aromatic N) is 2. The molecule has 6 nitrogen and oxygen atoms in total. The van der Waals surface area contributed by atoms with E-state index in [0.717, 1.165) is 34.6 Å². The Kier molecular flexibility index (Phi) is 4.01. The van der Waals surface area contributed by atoms with E-state index >= 15 is 0 Å². The Morgan fingerprint density at radius 1 is 1.12 bits per heavy atom. The number of anilines is 1. The monoisotopic (exact) mass is 347 g/mol. The van der Waals surface area contributed by atoms with Gasteiger partial charge in [-0.2, -0.15) is 5.10 Å². The van der Waals surface area contributed by atoms with Gasteiger partial charge in [-0.05, 0) is 47.0 Å². The van der Waals surface area contributed by atoms with Crippen LogP contribution in [0.5, 0.6) is 5.75 Å². The minimum absolute atomic E-state index is 0.187. The number of aromatic nitrogens is 2. The lowest BCUT2D eigenvalue weighted by atomic mass is 10.0. The van der Waals surface area contributed by atoms with Gasteiger partial charge in [-0.3, -0.25) is 9.59 Å². The topological polar surface area (TPSA) is 73.2 Å². The number of rotatable bonds is 3. The van der Waals surface area contributed by atoms with Gasteiger partial charge >= 0.3 is 0 Å². The maximum Gasteiger partial charge on any atom is 0.276 e. The molecule has 26 heavy (non-hydrogen) atoms. The van der Waals surface area contributed by atoms with Crippen LogP contribution in [-0.2, 0) is 13.5 Å². The van der Waals surface area contributed by atoms with Crippen molar-refractivity contribution >= 4 is 11.6 Å². The van der Waals surface area contributed by atoms with E-state index in [1.54, 1.807) is 0 Å². The molecule has 130 valence electrons. The lowest BCUT2D eigenvalue weighted by Crippen LogP contribution is -2.23. The molecule has 0 spiro atoms. The number of fused-ring (bicyclic) bond motifs is 1. The summed E-state index contributed by atoms with van der Waals surface area (Å²) in [6.45, 7) is 0.724. The summed E-state index contributed by atoms with van der Waals surface area (Å²) in [5.41, 5.74) is 3.87. The van der Waals surface area contributed by atoms with Crippen molar-refractivity contribution in [3.63, 3.8) is 0 Å². The lowest BCUT2D eigenvalue weighted by molar-refractivity contribution is 0.102. The number of amides is 1. The van der Waals surface area contributed by atoms with Crippen LogP contribution in [0.2, 0.25) is 0 Å². The number of aryl methyl sites for hydroxylation is 1. The van der Waals surface area contributed by atoms with Crippen LogP contribution in [0.3, 0.4) is 0 Å². The Hall–Kier alpha value is -3.41. The van der Waals surface area contributed by atoms with Crippen LogP contribution in [0.4, 0.5) is 5.69 Å². The molecule has 0 aliphatic carbocycles. The second kappa shape index (κ2) is 6.48. The number of carbonyl (C=O) groups is 1. The molecular weight excluding hydrogens is 330 g/mol. The van der Waals surface area contributed by atoms with Gasteiger partial charge in [0, 0.05) is 25.2 Å². The predicted octanol–water partition coefficient (Wildman–Crippen LogP) is 2.63. The molecular formula is C20H17N3O3. The smallest absolute Gasteiger partial charge is 0.276 e. The molecule has 0 saturated heterocycles.